The fraction of sp³-hybridized carbons (Fsp3) is 0. The summed E-state index contributed by atoms with van der Waals surface area (Å²) in [6.45, 7) is 0. The van der Waals surface area contributed by atoms with E-state index in [-0.39, 0.29) is 0 Å². The minimum Gasteiger partial charge on any atom is -0.354 e. The first kappa shape index (κ1) is 13.0. The van der Waals surface area contributed by atoms with Crippen LogP contribution >= 0.6 is 11.3 Å². The van der Waals surface area contributed by atoms with Crippen molar-refractivity contribution in [2.75, 3.05) is 5.32 Å². The van der Waals surface area contributed by atoms with E-state index in [0.29, 0.717) is 0 Å². The lowest BCUT2D eigenvalue weighted by atomic mass is 10.1. The van der Waals surface area contributed by atoms with Gasteiger partial charge >= 0.3 is 0 Å². The molecule has 2 nitrogen and oxygen atoms in total. The Hall–Kier alpha value is -2.65. The van der Waals surface area contributed by atoms with Crippen molar-refractivity contribution in [3.63, 3.8) is 0 Å². The molecule has 0 saturated heterocycles. The molecule has 106 valence electrons. The number of hydrogen-bond donors (Lipinski definition) is 1. The molecule has 0 aliphatic rings. The molecule has 0 atom stereocenters. The van der Waals surface area contributed by atoms with E-state index < -0.39 is 0 Å². The van der Waals surface area contributed by atoms with Gasteiger partial charge in [0.05, 0.1) is 16.6 Å². The standard InChI is InChI=1S/C19H14N2S/c1-2-4-14(5-3-1)15-6-8-16(9-7-15)21-18-12-20-13-19-17(18)10-11-22-19/h1-13,21H. The molecule has 0 fully saturated rings. The first-order valence-corrected chi connectivity index (χ1v) is 8.02. The largest absolute Gasteiger partial charge is 0.354 e. The van der Waals surface area contributed by atoms with E-state index in [9.17, 15) is 0 Å². The molecule has 1 N–H and O–H groups in total. The van der Waals surface area contributed by atoms with E-state index in [4.69, 9.17) is 0 Å². The van der Waals surface area contributed by atoms with Crippen molar-refractivity contribution in [1.29, 1.82) is 0 Å². The zero-order chi connectivity index (χ0) is 14.8. The smallest absolute Gasteiger partial charge is 0.0658 e. The first-order valence-electron chi connectivity index (χ1n) is 7.14. The lowest BCUT2D eigenvalue weighted by Gasteiger charge is -2.08. The zero-order valence-corrected chi connectivity index (χ0v) is 12.7. The molecular formula is C19H14N2S. The second kappa shape index (κ2) is 5.62. The second-order valence-corrected chi connectivity index (χ2v) is 6.04. The molecular weight excluding hydrogens is 288 g/mol. The highest BCUT2D eigenvalue weighted by Crippen LogP contribution is 2.29. The van der Waals surface area contributed by atoms with E-state index >= 15 is 0 Å². The second-order valence-electron chi connectivity index (χ2n) is 5.09. The minimum absolute atomic E-state index is 1.05. The summed E-state index contributed by atoms with van der Waals surface area (Å²) in [4.78, 5) is 4.29. The molecule has 0 aliphatic carbocycles. The van der Waals surface area contributed by atoms with Gasteiger partial charge in [-0.15, -0.1) is 11.3 Å². The third-order valence-corrected chi connectivity index (χ3v) is 4.50. The number of benzene rings is 2. The average Bonchev–Trinajstić information content (AvgIpc) is 3.06. The van der Waals surface area contributed by atoms with E-state index in [2.05, 4.69) is 70.3 Å². The first-order chi connectivity index (χ1) is 10.9. The van der Waals surface area contributed by atoms with Crippen LogP contribution in [0.15, 0.2) is 78.4 Å². The Kier molecular flexibility index (Phi) is 3.33. The van der Waals surface area contributed by atoms with Gasteiger partial charge in [-0.2, -0.15) is 0 Å². The maximum absolute atomic E-state index is 4.29. The van der Waals surface area contributed by atoms with E-state index in [1.165, 1.54) is 21.2 Å². The maximum atomic E-state index is 4.29. The van der Waals surface area contributed by atoms with Gasteiger partial charge in [0.1, 0.15) is 0 Å². The maximum Gasteiger partial charge on any atom is 0.0658 e. The highest BCUT2D eigenvalue weighted by molar-refractivity contribution is 7.17. The van der Waals surface area contributed by atoms with Gasteiger partial charge in [-0.1, -0.05) is 42.5 Å². The SMILES string of the molecule is c1ccc(-c2ccc(Nc3cncc4sccc34)cc2)cc1. The lowest BCUT2D eigenvalue weighted by molar-refractivity contribution is 1.36. The number of nitrogens with zero attached hydrogens (tertiary/aromatic N) is 1. The van der Waals surface area contributed by atoms with Crippen LogP contribution in [-0.4, -0.2) is 4.98 Å². The molecule has 3 heteroatoms. The molecule has 22 heavy (non-hydrogen) atoms. The predicted molar refractivity (Wildman–Crippen MR) is 94.8 cm³/mol. The van der Waals surface area contributed by atoms with Crippen LogP contribution in [0.4, 0.5) is 11.4 Å². The van der Waals surface area contributed by atoms with Gasteiger partial charge in [0, 0.05) is 17.3 Å². The normalized spacial score (nSPS) is 10.7. The third kappa shape index (κ3) is 2.47. The van der Waals surface area contributed by atoms with Crippen LogP contribution < -0.4 is 5.32 Å². The molecule has 0 aliphatic heterocycles. The molecule has 0 spiro atoms. The summed E-state index contributed by atoms with van der Waals surface area (Å²) in [5, 5.41) is 6.76. The quantitative estimate of drug-likeness (QED) is 0.524. The molecule has 4 rings (SSSR count). The van der Waals surface area contributed by atoms with Crippen LogP contribution in [0.1, 0.15) is 0 Å². The van der Waals surface area contributed by atoms with Crippen LogP contribution in [0.2, 0.25) is 0 Å². The van der Waals surface area contributed by atoms with Crippen molar-refractivity contribution >= 4 is 32.8 Å². The Balaban J connectivity index is 1.63. The molecule has 0 bridgehead atoms. The molecule has 0 amide bonds. The Morgan fingerprint density at radius 3 is 2.36 bits per heavy atom. The fourth-order valence-electron chi connectivity index (χ4n) is 2.52. The summed E-state index contributed by atoms with van der Waals surface area (Å²) in [5.41, 5.74) is 4.57. The summed E-state index contributed by atoms with van der Waals surface area (Å²) in [7, 11) is 0. The highest BCUT2D eigenvalue weighted by atomic mass is 32.1. The summed E-state index contributed by atoms with van der Waals surface area (Å²) >= 11 is 1.71. The monoisotopic (exact) mass is 302 g/mol. The van der Waals surface area contributed by atoms with Gasteiger partial charge < -0.3 is 5.32 Å². The zero-order valence-electron chi connectivity index (χ0n) is 11.9. The van der Waals surface area contributed by atoms with E-state index in [0.717, 1.165) is 11.4 Å². The highest BCUT2D eigenvalue weighted by Gasteiger charge is 2.03. The number of nitrogens with one attached hydrogen (secondary N) is 1. The Morgan fingerprint density at radius 2 is 1.55 bits per heavy atom. The van der Waals surface area contributed by atoms with Crippen molar-refractivity contribution < 1.29 is 0 Å². The Labute approximate surface area is 133 Å². The number of fused-ring (bicyclic) bond motifs is 1. The molecule has 0 saturated carbocycles. The van der Waals surface area contributed by atoms with Gasteiger partial charge in [0.15, 0.2) is 0 Å². The molecule has 4 aromatic rings. The number of anilines is 2. The Morgan fingerprint density at radius 1 is 0.773 bits per heavy atom. The summed E-state index contributed by atoms with van der Waals surface area (Å²) in [6, 6.07) is 21.0. The number of aromatic nitrogens is 1. The molecule has 2 aromatic carbocycles. The van der Waals surface area contributed by atoms with Crippen LogP contribution in [-0.2, 0) is 0 Å². The topological polar surface area (TPSA) is 24.9 Å². The van der Waals surface area contributed by atoms with Gasteiger partial charge in [0.25, 0.3) is 0 Å². The van der Waals surface area contributed by atoms with E-state index in [1.54, 1.807) is 11.3 Å². The minimum atomic E-state index is 1.05. The molecule has 0 unspecified atom stereocenters. The fourth-order valence-corrected chi connectivity index (χ4v) is 3.30. The summed E-state index contributed by atoms with van der Waals surface area (Å²) in [6.07, 6.45) is 3.78. The van der Waals surface area contributed by atoms with Crippen molar-refractivity contribution in [1.82, 2.24) is 4.98 Å². The lowest BCUT2D eigenvalue weighted by Crippen LogP contribution is -1.91. The summed E-state index contributed by atoms with van der Waals surface area (Å²) in [5.74, 6) is 0. The van der Waals surface area contributed by atoms with Gasteiger partial charge in [-0.05, 0) is 34.7 Å². The van der Waals surface area contributed by atoms with Gasteiger partial charge in [-0.3, -0.25) is 4.98 Å². The van der Waals surface area contributed by atoms with Gasteiger partial charge in [0.2, 0.25) is 0 Å². The summed E-state index contributed by atoms with van der Waals surface area (Å²) < 4.78 is 1.20. The number of thiophene rings is 1. The average molecular weight is 302 g/mol. The number of pyridine rings is 1. The molecule has 0 radical (unpaired) electrons. The molecule has 2 heterocycles. The molecule has 2 aromatic heterocycles. The van der Waals surface area contributed by atoms with E-state index in [1.807, 2.05) is 18.5 Å². The number of hydrogen-bond acceptors (Lipinski definition) is 3. The van der Waals surface area contributed by atoms with Crippen molar-refractivity contribution in [2.45, 2.75) is 0 Å². The predicted octanol–water partition coefficient (Wildman–Crippen LogP) is 5.71. The van der Waals surface area contributed by atoms with Crippen molar-refractivity contribution in [3.05, 3.63) is 78.4 Å². The number of rotatable bonds is 3. The van der Waals surface area contributed by atoms with Crippen molar-refractivity contribution in [2.24, 2.45) is 0 Å². The Bertz CT molecular complexity index is 896. The van der Waals surface area contributed by atoms with Crippen LogP contribution in [0.25, 0.3) is 21.2 Å². The van der Waals surface area contributed by atoms with Crippen LogP contribution in [0.5, 0.6) is 0 Å². The third-order valence-electron chi connectivity index (χ3n) is 3.65. The van der Waals surface area contributed by atoms with Gasteiger partial charge in [-0.25, -0.2) is 0 Å². The van der Waals surface area contributed by atoms with Crippen molar-refractivity contribution in [3.8, 4) is 11.1 Å². The van der Waals surface area contributed by atoms with Crippen LogP contribution in [0, 0.1) is 0 Å². The van der Waals surface area contributed by atoms with Crippen LogP contribution in [0.3, 0.4) is 0 Å².